The summed E-state index contributed by atoms with van der Waals surface area (Å²) < 4.78 is 0. The van der Waals surface area contributed by atoms with Gasteiger partial charge in [0.15, 0.2) is 0 Å². The van der Waals surface area contributed by atoms with Gasteiger partial charge in [0.1, 0.15) is 16.6 Å². The maximum absolute atomic E-state index is 9.51. The summed E-state index contributed by atoms with van der Waals surface area (Å²) in [4.78, 5) is 4.66. The van der Waals surface area contributed by atoms with Crippen LogP contribution in [0, 0.1) is 32.1 Å². The molecule has 3 nitrogen and oxygen atoms in total. The van der Waals surface area contributed by atoms with Gasteiger partial charge in [0, 0.05) is 22.8 Å². The Hall–Kier alpha value is -2.90. The van der Waals surface area contributed by atoms with Crippen molar-refractivity contribution in [2.75, 3.05) is 5.32 Å². The second-order valence-corrected chi connectivity index (χ2v) is 6.84. The number of nitrogens with one attached hydrogen (secondary N) is 1. The summed E-state index contributed by atoms with van der Waals surface area (Å²) >= 11 is 1.49. The van der Waals surface area contributed by atoms with Crippen molar-refractivity contribution >= 4 is 22.6 Å². The number of hydrogen-bond donors (Lipinski definition) is 1. The van der Waals surface area contributed by atoms with Gasteiger partial charge in [-0.2, -0.15) is 5.26 Å². The van der Waals surface area contributed by atoms with E-state index in [1.165, 1.54) is 22.5 Å². The molecule has 0 aliphatic heterocycles. The lowest BCUT2D eigenvalue weighted by Crippen LogP contribution is -1.93. The molecular weight excluding hydrogens is 326 g/mol. The van der Waals surface area contributed by atoms with E-state index in [-0.39, 0.29) is 0 Å². The molecule has 0 fully saturated rings. The number of aromatic nitrogens is 1. The molecule has 0 bridgehead atoms. The van der Waals surface area contributed by atoms with Crippen molar-refractivity contribution in [1.82, 2.24) is 4.98 Å². The Balaban J connectivity index is 1.88. The third-order valence-corrected chi connectivity index (χ3v) is 4.91. The maximum Gasteiger partial charge on any atom is 0.136 e. The van der Waals surface area contributed by atoms with Gasteiger partial charge in [-0.15, -0.1) is 11.3 Å². The second-order valence-electron chi connectivity index (χ2n) is 5.99. The summed E-state index contributed by atoms with van der Waals surface area (Å²) in [6.45, 7) is 6.20. The average Bonchev–Trinajstić information content (AvgIpc) is 3.06. The molecule has 0 unspecified atom stereocenters. The Morgan fingerprint density at radius 2 is 1.92 bits per heavy atom. The Labute approximate surface area is 152 Å². The van der Waals surface area contributed by atoms with Crippen molar-refractivity contribution in [3.63, 3.8) is 0 Å². The first-order chi connectivity index (χ1) is 12.1. The smallest absolute Gasteiger partial charge is 0.136 e. The highest BCUT2D eigenvalue weighted by Gasteiger charge is 2.10. The molecule has 1 heterocycles. The molecule has 0 aliphatic carbocycles. The zero-order valence-electron chi connectivity index (χ0n) is 14.5. The summed E-state index contributed by atoms with van der Waals surface area (Å²) in [6.07, 6.45) is 1.73. The molecule has 3 aromatic rings. The van der Waals surface area contributed by atoms with Crippen molar-refractivity contribution in [2.45, 2.75) is 20.8 Å². The van der Waals surface area contributed by atoms with Crippen LogP contribution in [0.3, 0.4) is 0 Å². The summed E-state index contributed by atoms with van der Waals surface area (Å²) in [5.41, 5.74) is 7.10. The number of allylic oxidation sites excluding steroid dienone is 1. The number of hydrogen-bond acceptors (Lipinski definition) is 4. The number of thiazole rings is 1. The minimum absolute atomic E-state index is 0.532. The van der Waals surface area contributed by atoms with Crippen LogP contribution in [0.15, 0.2) is 54.0 Å². The molecule has 0 radical (unpaired) electrons. The van der Waals surface area contributed by atoms with E-state index < -0.39 is 0 Å². The summed E-state index contributed by atoms with van der Waals surface area (Å²) in [5, 5.41) is 15.4. The maximum atomic E-state index is 9.51. The van der Waals surface area contributed by atoms with Crippen LogP contribution in [-0.2, 0) is 0 Å². The Morgan fingerprint density at radius 1 is 1.12 bits per heavy atom. The van der Waals surface area contributed by atoms with E-state index in [0.717, 1.165) is 27.5 Å². The van der Waals surface area contributed by atoms with Gasteiger partial charge >= 0.3 is 0 Å². The number of nitriles is 1. The number of nitrogens with zero attached hydrogens (tertiary/aromatic N) is 2. The third-order valence-electron chi connectivity index (χ3n) is 4.03. The lowest BCUT2D eigenvalue weighted by atomic mass is 10.0. The van der Waals surface area contributed by atoms with E-state index in [9.17, 15) is 5.26 Å². The minimum Gasteiger partial charge on any atom is -0.360 e. The van der Waals surface area contributed by atoms with Gasteiger partial charge in [-0.3, -0.25) is 0 Å². The molecule has 0 atom stereocenters. The topological polar surface area (TPSA) is 48.7 Å². The van der Waals surface area contributed by atoms with Crippen molar-refractivity contribution in [2.24, 2.45) is 0 Å². The van der Waals surface area contributed by atoms with E-state index >= 15 is 0 Å². The van der Waals surface area contributed by atoms with Crippen LogP contribution in [0.1, 0.15) is 21.7 Å². The van der Waals surface area contributed by atoms with E-state index in [1.54, 1.807) is 6.20 Å². The van der Waals surface area contributed by atoms with Gasteiger partial charge in [0.2, 0.25) is 0 Å². The van der Waals surface area contributed by atoms with Gasteiger partial charge in [-0.05, 0) is 38.0 Å². The molecule has 4 heteroatoms. The zero-order chi connectivity index (χ0) is 17.8. The average molecular weight is 345 g/mol. The van der Waals surface area contributed by atoms with Crippen molar-refractivity contribution in [1.29, 1.82) is 5.26 Å². The van der Waals surface area contributed by atoms with Crippen LogP contribution in [-0.4, -0.2) is 4.98 Å². The standard InChI is InChI=1S/C21H19N3S/c1-14-8-9-18(16(3)10-14)20-13-25-21(24-20)17(11-22)12-23-19-7-5-4-6-15(19)2/h4-10,12-13,23H,1-3H3. The Kier molecular flexibility index (Phi) is 4.97. The first kappa shape index (κ1) is 16.9. The molecule has 0 amide bonds. The SMILES string of the molecule is Cc1ccc(-c2csc(C(C#N)=CNc3ccccc3C)n2)c(C)c1. The van der Waals surface area contributed by atoms with E-state index in [4.69, 9.17) is 0 Å². The van der Waals surface area contributed by atoms with E-state index in [1.807, 2.05) is 36.6 Å². The predicted molar refractivity (Wildman–Crippen MR) is 105 cm³/mol. The van der Waals surface area contributed by atoms with Crippen LogP contribution >= 0.6 is 11.3 Å². The molecule has 0 saturated carbocycles. The molecule has 2 aromatic carbocycles. The Bertz CT molecular complexity index is 977. The second kappa shape index (κ2) is 7.33. The van der Waals surface area contributed by atoms with Crippen LogP contribution in [0.4, 0.5) is 5.69 Å². The number of para-hydroxylation sites is 1. The normalized spacial score (nSPS) is 11.2. The molecule has 0 aliphatic rings. The van der Waals surface area contributed by atoms with Crippen LogP contribution in [0.5, 0.6) is 0 Å². The zero-order valence-corrected chi connectivity index (χ0v) is 15.3. The van der Waals surface area contributed by atoms with Gasteiger partial charge < -0.3 is 5.32 Å². The van der Waals surface area contributed by atoms with Crippen molar-refractivity contribution in [3.8, 4) is 17.3 Å². The summed E-state index contributed by atoms with van der Waals surface area (Å²) in [5.74, 6) is 0. The lowest BCUT2D eigenvalue weighted by Gasteiger charge is -2.05. The fraction of sp³-hybridized carbons (Fsp3) is 0.143. The largest absolute Gasteiger partial charge is 0.360 e. The molecule has 0 saturated heterocycles. The number of anilines is 1. The number of benzene rings is 2. The van der Waals surface area contributed by atoms with E-state index in [0.29, 0.717) is 5.57 Å². The van der Waals surface area contributed by atoms with Gasteiger partial charge in [0.25, 0.3) is 0 Å². The molecule has 25 heavy (non-hydrogen) atoms. The lowest BCUT2D eigenvalue weighted by molar-refractivity contribution is 1.32. The fourth-order valence-corrected chi connectivity index (χ4v) is 3.43. The molecule has 1 N–H and O–H groups in total. The molecule has 124 valence electrons. The summed E-state index contributed by atoms with van der Waals surface area (Å²) in [7, 11) is 0. The van der Waals surface area contributed by atoms with Gasteiger partial charge in [-0.25, -0.2) is 4.98 Å². The van der Waals surface area contributed by atoms with Crippen LogP contribution in [0.2, 0.25) is 0 Å². The fourth-order valence-electron chi connectivity index (χ4n) is 2.65. The highest BCUT2D eigenvalue weighted by atomic mass is 32.1. The number of rotatable bonds is 4. The van der Waals surface area contributed by atoms with Crippen LogP contribution < -0.4 is 5.32 Å². The van der Waals surface area contributed by atoms with E-state index in [2.05, 4.69) is 48.4 Å². The third kappa shape index (κ3) is 3.78. The first-order valence-corrected chi connectivity index (χ1v) is 8.92. The van der Waals surface area contributed by atoms with Gasteiger partial charge in [0.05, 0.1) is 5.69 Å². The summed E-state index contributed by atoms with van der Waals surface area (Å²) in [6, 6.07) is 16.5. The Morgan fingerprint density at radius 3 is 2.64 bits per heavy atom. The molecule has 1 aromatic heterocycles. The highest BCUT2D eigenvalue weighted by Crippen LogP contribution is 2.28. The number of aryl methyl sites for hydroxylation is 3. The highest BCUT2D eigenvalue weighted by molar-refractivity contribution is 7.11. The molecular formula is C21H19N3S. The van der Waals surface area contributed by atoms with Gasteiger partial charge in [-0.1, -0.05) is 42.0 Å². The van der Waals surface area contributed by atoms with Crippen molar-refractivity contribution in [3.05, 3.63) is 75.7 Å². The predicted octanol–water partition coefficient (Wildman–Crippen LogP) is 5.71. The monoisotopic (exact) mass is 345 g/mol. The molecule has 3 rings (SSSR count). The van der Waals surface area contributed by atoms with Crippen LogP contribution in [0.25, 0.3) is 16.8 Å². The first-order valence-electron chi connectivity index (χ1n) is 8.04. The quantitative estimate of drug-likeness (QED) is 0.616. The van der Waals surface area contributed by atoms with Crippen molar-refractivity contribution < 1.29 is 0 Å². The molecule has 0 spiro atoms. The minimum atomic E-state index is 0.532.